The summed E-state index contributed by atoms with van der Waals surface area (Å²) in [5.41, 5.74) is 0.379. The molecular formula is C15H18N4O2. The summed E-state index contributed by atoms with van der Waals surface area (Å²) in [5.74, 6) is 0.698. The van der Waals surface area contributed by atoms with Gasteiger partial charge in [0.25, 0.3) is 5.91 Å². The normalized spacial score (nSPS) is 22.3. The summed E-state index contributed by atoms with van der Waals surface area (Å²) in [6.45, 7) is 3.03. The second-order valence-electron chi connectivity index (χ2n) is 5.42. The monoisotopic (exact) mass is 286 g/mol. The Kier molecular flexibility index (Phi) is 3.70. The topological polar surface area (TPSA) is 71.2 Å². The zero-order chi connectivity index (χ0) is 14.8. The number of hydrogen-bond donors (Lipinski definition) is 1. The van der Waals surface area contributed by atoms with Crippen molar-refractivity contribution in [3.05, 3.63) is 42.4 Å². The third kappa shape index (κ3) is 2.80. The van der Waals surface area contributed by atoms with Crippen LogP contribution in [0.1, 0.15) is 23.8 Å². The number of hydrogen-bond acceptors (Lipinski definition) is 4. The van der Waals surface area contributed by atoms with Gasteiger partial charge in [0.2, 0.25) is 0 Å². The van der Waals surface area contributed by atoms with Crippen LogP contribution in [0.25, 0.3) is 5.82 Å². The lowest BCUT2D eigenvalue weighted by atomic mass is 9.96. The van der Waals surface area contributed by atoms with Crippen molar-refractivity contribution < 1.29 is 9.90 Å². The van der Waals surface area contributed by atoms with E-state index in [1.807, 2.05) is 6.92 Å². The van der Waals surface area contributed by atoms with Gasteiger partial charge in [-0.25, -0.2) is 9.67 Å². The average Bonchev–Trinajstić information content (AvgIpc) is 3.04. The minimum absolute atomic E-state index is 0.144. The molecule has 3 heterocycles. The van der Waals surface area contributed by atoms with Crippen LogP contribution in [0.2, 0.25) is 0 Å². The van der Waals surface area contributed by atoms with E-state index >= 15 is 0 Å². The van der Waals surface area contributed by atoms with Gasteiger partial charge in [0, 0.05) is 25.5 Å². The number of β-amino-alcohol motifs (C(OH)–C–C–N with tert-alkyl or cyclic N) is 1. The van der Waals surface area contributed by atoms with Gasteiger partial charge in [-0.05, 0) is 30.5 Å². The first kappa shape index (κ1) is 13.8. The molecule has 2 aromatic heterocycles. The highest BCUT2D eigenvalue weighted by molar-refractivity contribution is 5.92. The number of rotatable bonds is 2. The Balaban J connectivity index is 1.80. The van der Waals surface area contributed by atoms with Crippen molar-refractivity contribution in [2.24, 2.45) is 5.92 Å². The van der Waals surface area contributed by atoms with Crippen LogP contribution in [0.15, 0.2) is 36.7 Å². The Bertz CT molecular complexity index is 626. The number of pyridine rings is 1. The smallest absolute Gasteiger partial charge is 0.272 e. The Morgan fingerprint density at radius 1 is 1.38 bits per heavy atom. The van der Waals surface area contributed by atoms with E-state index in [-0.39, 0.29) is 11.8 Å². The van der Waals surface area contributed by atoms with Gasteiger partial charge in [-0.1, -0.05) is 13.0 Å². The summed E-state index contributed by atoms with van der Waals surface area (Å²) in [5, 5.41) is 14.0. The zero-order valence-electron chi connectivity index (χ0n) is 11.9. The number of nitrogens with zero attached hydrogens (tertiary/aromatic N) is 4. The maximum Gasteiger partial charge on any atom is 0.272 e. The molecule has 6 nitrogen and oxygen atoms in total. The van der Waals surface area contributed by atoms with Crippen molar-refractivity contribution in [1.82, 2.24) is 19.7 Å². The van der Waals surface area contributed by atoms with Crippen molar-refractivity contribution in [3.63, 3.8) is 0 Å². The molecule has 2 unspecified atom stereocenters. The van der Waals surface area contributed by atoms with Crippen molar-refractivity contribution in [2.75, 3.05) is 13.1 Å². The molecule has 1 aliphatic rings. The van der Waals surface area contributed by atoms with Crippen molar-refractivity contribution in [2.45, 2.75) is 19.4 Å². The van der Waals surface area contributed by atoms with Crippen LogP contribution >= 0.6 is 0 Å². The van der Waals surface area contributed by atoms with E-state index in [1.165, 1.54) is 0 Å². The number of likely N-dealkylation sites (tertiary alicyclic amines) is 1. The van der Waals surface area contributed by atoms with Gasteiger partial charge in [-0.15, -0.1) is 0 Å². The van der Waals surface area contributed by atoms with Crippen molar-refractivity contribution in [3.8, 4) is 5.82 Å². The first-order valence-corrected chi connectivity index (χ1v) is 7.09. The fourth-order valence-corrected chi connectivity index (χ4v) is 2.47. The Morgan fingerprint density at radius 3 is 2.95 bits per heavy atom. The molecule has 110 valence electrons. The number of amides is 1. The summed E-state index contributed by atoms with van der Waals surface area (Å²) < 4.78 is 1.61. The molecule has 0 aromatic carbocycles. The van der Waals surface area contributed by atoms with Crippen LogP contribution in [-0.4, -0.2) is 49.9 Å². The Labute approximate surface area is 123 Å². The first-order valence-electron chi connectivity index (χ1n) is 7.09. The van der Waals surface area contributed by atoms with E-state index in [4.69, 9.17) is 0 Å². The molecule has 1 N–H and O–H groups in total. The standard InChI is InChI=1S/C15H18N4O2/c1-11-6-9-18(10-13(11)20)15(21)12-4-2-5-14(17-12)19-8-3-7-16-19/h2-5,7-8,11,13,20H,6,9-10H2,1H3. The molecule has 2 atom stereocenters. The van der Waals surface area contributed by atoms with Gasteiger partial charge in [-0.3, -0.25) is 4.79 Å². The molecule has 1 aliphatic heterocycles. The molecule has 1 fully saturated rings. The van der Waals surface area contributed by atoms with Crippen molar-refractivity contribution in [1.29, 1.82) is 0 Å². The molecule has 0 spiro atoms. The first-order chi connectivity index (χ1) is 10.1. The van der Waals surface area contributed by atoms with E-state index in [2.05, 4.69) is 10.1 Å². The Hall–Kier alpha value is -2.21. The van der Waals surface area contributed by atoms with Crippen LogP contribution < -0.4 is 0 Å². The molecule has 0 aliphatic carbocycles. The number of carbonyl (C=O) groups excluding carboxylic acids is 1. The SMILES string of the molecule is CC1CCN(C(=O)c2cccc(-n3cccn3)n2)CC1O. The molecule has 0 bridgehead atoms. The van der Waals surface area contributed by atoms with E-state index in [9.17, 15) is 9.90 Å². The van der Waals surface area contributed by atoms with E-state index < -0.39 is 6.10 Å². The molecule has 0 saturated carbocycles. The number of aliphatic hydroxyl groups excluding tert-OH is 1. The molecule has 3 rings (SSSR count). The third-order valence-corrected chi connectivity index (χ3v) is 3.90. The van der Waals surface area contributed by atoms with Gasteiger partial charge < -0.3 is 10.0 Å². The largest absolute Gasteiger partial charge is 0.391 e. The van der Waals surface area contributed by atoms with Crippen LogP contribution in [0.3, 0.4) is 0 Å². The van der Waals surface area contributed by atoms with Crippen LogP contribution in [0, 0.1) is 5.92 Å². The fraction of sp³-hybridized carbons (Fsp3) is 0.400. The van der Waals surface area contributed by atoms with Gasteiger partial charge >= 0.3 is 0 Å². The van der Waals surface area contributed by atoms with Gasteiger partial charge in [0.1, 0.15) is 5.69 Å². The number of aromatic nitrogens is 3. The summed E-state index contributed by atoms with van der Waals surface area (Å²) in [6.07, 6.45) is 3.80. The van der Waals surface area contributed by atoms with E-state index in [1.54, 1.807) is 46.2 Å². The maximum absolute atomic E-state index is 12.5. The van der Waals surface area contributed by atoms with Gasteiger partial charge in [0.15, 0.2) is 5.82 Å². The number of aliphatic hydroxyl groups is 1. The molecular weight excluding hydrogens is 268 g/mol. The predicted octanol–water partition coefficient (Wildman–Crippen LogP) is 1.11. The fourth-order valence-electron chi connectivity index (χ4n) is 2.47. The molecule has 21 heavy (non-hydrogen) atoms. The summed E-state index contributed by atoms with van der Waals surface area (Å²) >= 11 is 0. The van der Waals surface area contributed by atoms with Gasteiger partial charge in [0.05, 0.1) is 6.10 Å². The van der Waals surface area contributed by atoms with Crippen LogP contribution in [0.4, 0.5) is 0 Å². The minimum Gasteiger partial charge on any atom is -0.391 e. The summed E-state index contributed by atoms with van der Waals surface area (Å²) in [7, 11) is 0. The number of carbonyl (C=O) groups is 1. The molecule has 1 saturated heterocycles. The lowest BCUT2D eigenvalue weighted by Crippen LogP contribution is -2.46. The summed E-state index contributed by atoms with van der Waals surface area (Å²) in [6, 6.07) is 7.09. The molecule has 6 heteroatoms. The van der Waals surface area contributed by atoms with E-state index in [0.29, 0.717) is 24.6 Å². The van der Waals surface area contributed by atoms with Crippen LogP contribution in [0.5, 0.6) is 0 Å². The molecule has 2 aromatic rings. The lowest BCUT2D eigenvalue weighted by Gasteiger charge is -2.34. The van der Waals surface area contributed by atoms with Crippen molar-refractivity contribution >= 4 is 5.91 Å². The lowest BCUT2D eigenvalue weighted by molar-refractivity contribution is 0.0245. The Morgan fingerprint density at radius 2 is 2.24 bits per heavy atom. The summed E-state index contributed by atoms with van der Waals surface area (Å²) in [4.78, 5) is 18.5. The van der Waals surface area contributed by atoms with E-state index in [0.717, 1.165) is 6.42 Å². The highest BCUT2D eigenvalue weighted by atomic mass is 16.3. The second kappa shape index (κ2) is 5.65. The highest BCUT2D eigenvalue weighted by Gasteiger charge is 2.28. The number of piperidine rings is 1. The minimum atomic E-state index is -0.461. The second-order valence-corrected chi connectivity index (χ2v) is 5.42. The van der Waals surface area contributed by atoms with Gasteiger partial charge in [-0.2, -0.15) is 5.10 Å². The highest BCUT2D eigenvalue weighted by Crippen LogP contribution is 2.18. The molecule has 0 radical (unpaired) electrons. The van der Waals surface area contributed by atoms with Crippen LogP contribution in [-0.2, 0) is 0 Å². The predicted molar refractivity (Wildman–Crippen MR) is 77.1 cm³/mol. The molecule has 1 amide bonds. The average molecular weight is 286 g/mol. The third-order valence-electron chi connectivity index (χ3n) is 3.90. The zero-order valence-corrected chi connectivity index (χ0v) is 11.9. The maximum atomic E-state index is 12.5. The quantitative estimate of drug-likeness (QED) is 0.897.